The van der Waals surface area contributed by atoms with E-state index in [0.29, 0.717) is 17.4 Å². The quantitative estimate of drug-likeness (QED) is 0.554. The van der Waals surface area contributed by atoms with Crippen LogP contribution in [0.3, 0.4) is 0 Å². The fourth-order valence-electron chi connectivity index (χ4n) is 5.23. The molecule has 3 heteroatoms. The van der Waals surface area contributed by atoms with E-state index in [9.17, 15) is 0 Å². The number of nitrogens with zero attached hydrogens (tertiary/aromatic N) is 1. The number of hydrogen-bond donors (Lipinski definition) is 2. The molecule has 3 nitrogen and oxygen atoms in total. The van der Waals surface area contributed by atoms with E-state index in [-0.39, 0.29) is 0 Å². The van der Waals surface area contributed by atoms with E-state index in [1.165, 1.54) is 25.7 Å². The minimum absolute atomic E-state index is 0.295. The van der Waals surface area contributed by atoms with Crippen molar-refractivity contribution in [3.63, 3.8) is 0 Å². The fourth-order valence-corrected chi connectivity index (χ4v) is 5.23. The molecule has 4 aliphatic rings. The number of nitrogens with one attached hydrogen (secondary N) is 1. The van der Waals surface area contributed by atoms with Gasteiger partial charge in [-0.25, -0.2) is 0 Å². The Morgan fingerprint density at radius 1 is 1.33 bits per heavy atom. The molecule has 0 radical (unpaired) electrons. The molecule has 4 fully saturated rings. The van der Waals surface area contributed by atoms with Crippen LogP contribution in [0.15, 0.2) is 0 Å². The lowest BCUT2D eigenvalue weighted by atomic mass is 9.43. The van der Waals surface area contributed by atoms with Crippen LogP contribution in [0, 0.1) is 34.5 Å². The molecule has 102 valence electrons. The minimum Gasteiger partial charge on any atom is -0.370 e. The second-order valence-corrected chi connectivity index (χ2v) is 7.41. The summed E-state index contributed by atoms with van der Waals surface area (Å²) in [7, 11) is 0. The summed E-state index contributed by atoms with van der Waals surface area (Å²) in [5, 5.41) is 7.75. The summed E-state index contributed by atoms with van der Waals surface area (Å²) < 4.78 is 0. The Hall–Kier alpha value is -0.730. The van der Waals surface area contributed by atoms with Crippen LogP contribution in [0.4, 0.5) is 0 Å². The summed E-state index contributed by atoms with van der Waals surface area (Å²) in [5.74, 6) is 3.68. The number of hydrogen-bond acceptors (Lipinski definition) is 1. The van der Waals surface area contributed by atoms with E-state index in [1.54, 1.807) is 0 Å². The van der Waals surface area contributed by atoms with Gasteiger partial charge in [-0.3, -0.25) is 5.41 Å². The summed E-state index contributed by atoms with van der Waals surface area (Å²) in [6.07, 6.45) is 5.26. The van der Waals surface area contributed by atoms with Gasteiger partial charge in [-0.2, -0.15) is 0 Å². The Labute approximate surface area is 111 Å². The smallest absolute Gasteiger partial charge is 0.188 e. The topological polar surface area (TPSA) is 53.1 Å². The van der Waals surface area contributed by atoms with Crippen LogP contribution in [-0.2, 0) is 0 Å². The Kier molecular flexibility index (Phi) is 2.65. The second-order valence-electron chi connectivity index (χ2n) is 7.41. The van der Waals surface area contributed by atoms with Crippen molar-refractivity contribution in [2.75, 3.05) is 6.54 Å². The van der Waals surface area contributed by atoms with Gasteiger partial charge in [0.05, 0.1) is 0 Å². The van der Waals surface area contributed by atoms with Gasteiger partial charge < -0.3 is 10.6 Å². The summed E-state index contributed by atoms with van der Waals surface area (Å²) in [4.78, 5) is 2.17. The third-order valence-electron chi connectivity index (χ3n) is 6.52. The van der Waals surface area contributed by atoms with Crippen LogP contribution < -0.4 is 5.73 Å². The number of nitrogens with two attached hydrogens (primary N) is 1. The molecule has 1 saturated heterocycles. The SMILES string of the molecule is C[C@@H]1[C@@H](C2CCCN2C(=N)N)C[C@H]2C[C@@H]1C2(C)C. The summed E-state index contributed by atoms with van der Waals surface area (Å²) >= 11 is 0. The van der Waals surface area contributed by atoms with E-state index in [2.05, 4.69) is 25.7 Å². The first-order valence-electron chi connectivity index (χ1n) is 7.53. The average Bonchev–Trinajstić information content (AvgIpc) is 2.77. The lowest BCUT2D eigenvalue weighted by Gasteiger charge is -2.63. The summed E-state index contributed by atoms with van der Waals surface area (Å²) in [6.45, 7) is 8.36. The Balaban J connectivity index is 1.77. The molecule has 0 aromatic carbocycles. The molecule has 0 aromatic heterocycles. The highest BCUT2D eigenvalue weighted by Crippen LogP contribution is 2.64. The van der Waals surface area contributed by atoms with Gasteiger partial charge >= 0.3 is 0 Å². The van der Waals surface area contributed by atoms with Gasteiger partial charge in [-0.05, 0) is 54.8 Å². The van der Waals surface area contributed by atoms with Crippen molar-refractivity contribution >= 4 is 5.96 Å². The van der Waals surface area contributed by atoms with E-state index in [1.807, 2.05) is 0 Å². The first-order valence-corrected chi connectivity index (χ1v) is 7.53. The molecule has 1 heterocycles. The molecule has 2 bridgehead atoms. The Bertz CT molecular complexity index is 363. The van der Waals surface area contributed by atoms with Gasteiger partial charge in [0.1, 0.15) is 0 Å². The lowest BCUT2D eigenvalue weighted by molar-refractivity contribution is -0.138. The number of fused-ring (bicyclic) bond motifs is 2. The summed E-state index contributed by atoms with van der Waals surface area (Å²) in [6, 6.07) is 0.555. The number of guanidine groups is 1. The van der Waals surface area contributed by atoms with Crippen LogP contribution in [0.5, 0.6) is 0 Å². The van der Waals surface area contributed by atoms with Gasteiger partial charge in [0, 0.05) is 12.6 Å². The van der Waals surface area contributed by atoms with Gasteiger partial charge in [-0.1, -0.05) is 20.8 Å². The molecule has 5 atom stereocenters. The molecule has 3 aliphatic carbocycles. The zero-order valence-corrected chi connectivity index (χ0v) is 11.9. The lowest BCUT2D eigenvalue weighted by Crippen LogP contribution is -2.59. The molecular formula is C15H27N3. The monoisotopic (exact) mass is 249 g/mol. The highest BCUT2D eigenvalue weighted by Gasteiger charge is 2.58. The first kappa shape index (κ1) is 12.3. The van der Waals surface area contributed by atoms with Gasteiger partial charge in [0.15, 0.2) is 5.96 Å². The fraction of sp³-hybridized carbons (Fsp3) is 0.933. The number of rotatable bonds is 1. The minimum atomic E-state index is 0.295. The number of likely N-dealkylation sites (tertiary alicyclic amines) is 1. The molecule has 3 N–H and O–H groups in total. The predicted molar refractivity (Wildman–Crippen MR) is 74.3 cm³/mol. The Morgan fingerprint density at radius 3 is 2.61 bits per heavy atom. The van der Waals surface area contributed by atoms with Gasteiger partial charge in [0.2, 0.25) is 0 Å². The maximum absolute atomic E-state index is 7.75. The largest absolute Gasteiger partial charge is 0.370 e. The van der Waals surface area contributed by atoms with E-state index in [4.69, 9.17) is 11.1 Å². The van der Waals surface area contributed by atoms with E-state index in [0.717, 1.165) is 30.2 Å². The highest BCUT2D eigenvalue weighted by atomic mass is 15.3. The third kappa shape index (κ3) is 1.52. The van der Waals surface area contributed by atoms with Crippen LogP contribution in [0.25, 0.3) is 0 Å². The molecule has 0 amide bonds. The molecule has 18 heavy (non-hydrogen) atoms. The Morgan fingerprint density at radius 2 is 2.06 bits per heavy atom. The molecule has 0 spiro atoms. The van der Waals surface area contributed by atoms with Gasteiger partial charge in [0.25, 0.3) is 0 Å². The highest BCUT2D eigenvalue weighted by molar-refractivity contribution is 5.75. The molecule has 0 aromatic rings. The van der Waals surface area contributed by atoms with Crippen LogP contribution in [-0.4, -0.2) is 23.4 Å². The second kappa shape index (κ2) is 3.88. The van der Waals surface area contributed by atoms with Crippen LogP contribution in [0.1, 0.15) is 46.5 Å². The molecule has 3 saturated carbocycles. The van der Waals surface area contributed by atoms with Crippen molar-refractivity contribution in [2.45, 2.75) is 52.5 Å². The van der Waals surface area contributed by atoms with Crippen LogP contribution in [0.2, 0.25) is 0 Å². The third-order valence-corrected chi connectivity index (χ3v) is 6.52. The van der Waals surface area contributed by atoms with Crippen molar-refractivity contribution in [1.29, 1.82) is 5.41 Å². The first-order chi connectivity index (χ1) is 8.43. The van der Waals surface area contributed by atoms with Crippen molar-refractivity contribution in [3.8, 4) is 0 Å². The standard InChI is InChI=1S/C15H27N3/c1-9-11(7-10-8-12(9)15(10,2)3)13-5-4-6-18(13)14(16)17/h9-13H,4-8H2,1-3H3,(H3,16,17)/t9-,10+,11+,12+,13?/m1/s1. The van der Waals surface area contributed by atoms with Crippen molar-refractivity contribution in [1.82, 2.24) is 4.90 Å². The molecule has 1 unspecified atom stereocenters. The van der Waals surface area contributed by atoms with E-state index >= 15 is 0 Å². The predicted octanol–water partition coefficient (Wildman–Crippen LogP) is 2.66. The van der Waals surface area contributed by atoms with Crippen molar-refractivity contribution in [3.05, 3.63) is 0 Å². The zero-order valence-electron chi connectivity index (χ0n) is 11.9. The molecule has 1 aliphatic heterocycles. The van der Waals surface area contributed by atoms with Crippen molar-refractivity contribution < 1.29 is 0 Å². The normalized spacial score (nSPS) is 45.7. The average molecular weight is 249 g/mol. The van der Waals surface area contributed by atoms with Gasteiger partial charge in [-0.15, -0.1) is 0 Å². The maximum Gasteiger partial charge on any atom is 0.188 e. The molecular weight excluding hydrogens is 222 g/mol. The molecule has 4 rings (SSSR count). The zero-order chi connectivity index (χ0) is 13.1. The summed E-state index contributed by atoms with van der Waals surface area (Å²) in [5.41, 5.74) is 6.31. The van der Waals surface area contributed by atoms with Crippen molar-refractivity contribution in [2.24, 2.45) is 34.8 Å². The maximum atomic E-state index is 7.75. The van der Waals surface area contributed by atoms with E-state index < -0.39 is 0 Å². The van der Waals surface area contributed by atoms with Crippen LogP contribution >= 0.6 is 0 Å².